The fraction of sp³-hybridized carbons (Fsp3) is 1.00. The van der Waals surface area contributed by atoms with E-state index < -0.39 is 76.6 Å². The maximum Gasteiger partial charge on any atom is 0.314 e. The van der Waals surface area contributed by atoms with Crippen LogP contribution in [0.1, 0.15) is 51.4 Å². The maximum absolute atomic E-state index is 7.07. The van der Waals surface area contributed by atoms with Gasteiger partial charge in [-0.1, -0.05) is 19.3 Å². The highest BCUT2D eigenvalue weighted by Gasteiger charge is 2.53. The molecule has 3 aliphatic carbocycles. The van der Waals surface area contributed by atoms with Gasteiger partial charge in [0.25, 0.3) is 0 Å². The van der Waals surface area contributed by atoms with E-state index in [0.29, 0.717) is 12.2 Å². The van der Waals surface area contributed by atoms with Crippen molar-refractivity contribution in [3.05, 3.63) is 0 Å². The topological polar surface area (TPSA) is 86.4 Å². The predicted octanol–water partition coefficient (Wildman–Crippen LogP) is 10.6. The minimum atomic E-state index is -2.65. The molecule has 4 fully saturated rings. The van der Waals surface area contributed by atoms with Crippen molar-refractivity contribution in [2.24, 2.45) is 17.8 Å². The van der Waals surface area contributed by atoms with E-state index in [1.165, 1.54) is 51.4 Å². The summed E-state index contributed by atoms with van der Waals surface area (Å²) in [6, 6.07) is 1.16. The molecule has 0 N–H and O–H groups in total. The third-order valence-corrected chi connectivity index (χ3v) is 46.7. The van der Waals surface area contributed by atoms with E-state index in [4.69, 9.17) is 37.7 Å². The zero-order chi connectivity index (χ0) is 38.7. The summed E-state index contributed by atoms with van der Waals surface area (Å²) in [4.78, 5) is 0. The van der Waals surface area contributed by atoms with Crippen LogP contribution in [0, 0.1) is 17.8 Å². The Kier molecular flexibility index (Phi) is 14.0. The molecule has 300 valence electrons. The average Bonchev–Trinajstić information content (AvgIpc) is 3.27. The quantitative estimate of drug-likeness (QED) is 0.0877. The summed E-state index contributed by atoms with van der Waals surface area (Å²) in [6.45, 7) is 39.7. The summed E-state index contributed by atoms with van der Waals surface area (Å²) in [5.74, 6) is 2.57. The van der Waals surface area contributed by atoms with Crippen molar-refractivity contribution in [2.45, 2.75) is 193 Å². The monoisotopic (exact) mass is 870 g/mol. The van der Waals surface area contributed by atoms with Crippen LogP contribution in [0.15, 0.2) is 0 Å². The predicted molar refractivity (Wildman–Crippen MR) is 231 cm³/mol. The van der Waals surface area contributed by atoms with Crippen LogP contribution in [0.25, 0.3) is 0 Å². The highest BCUT2D eigenvalue weighted by atomic mass is 28.5. The van der Waals surface area contributed by atoms with Gasteiger partial charge in [-0.2, -0.15) is 0 Å². The first-order chi connectivity index (χ1) is 22.8. The van der Waals surface area contributed by atoms with Gasteiger partial charge < -0.3 is 37.7 Å². The molecule has 0 aromatic carbocycles. The number of epoxide rings is 1. The van der Waals surface area contributed by atoms with Crippen molar-refractivity contribution >= 4 is 76.6 Å². The summed E-state index contributed by atoms with van der Waals surface area (Å²) in [5, 5.41) is 0. The van der Waals surface area contributed by atoms with Crippen LogP contribution in [0.4, 0.5) is 0 Å². The van der Waals surface area contributed by atoms with E-state index in [9.17, 15) is 0 Å². The van der Waals surface area contributed by atoms with Crippen molar-refractivity contribution < 1.29 is 37.7 Å². The molecule has 4 rings (SSSR count). The van der Waals surface area contributed by atoms with E-state index in [2.05, 4.69) is 118 Å². The highest BCUT2D eigenvalue weighted by Crippen LogP contribution is 2.56. The summed E-state index contributed by atoms with van der Waals surface area (Å²) in [5.41, 5.74) is 0.760. The largest absolute Gasteiger partial charge is 0.436 e. The number of hydrogen-bond acceptors (Lipinski definition) is 9. The second-order valence-corrected chi connectivity index (χ2v) is 54.8. The second kappa shape index (κ2) is 15.7. The Morgan fingerprint density at radius 2 is 0.863 bits per heavy atom. The van der Waals surface area contributed by atoms with E-state index >= 15 is 0 Å². The average molecular weight is 872 g/mol. The van der Waals surface area contributed by atoms with Crippen molar-refractivity contribution in [3.8, 4) is 0 Å². The van der Waals surface area contributed by atoms with Crippen LogP contribution in [-0.4, -0.2) is 88.8 Å². The van der Waals surface area contributed by atoms with E-state index in [1.807, 2.05) is 0 Å². The molecule has 1 saturated heterocycles. The van der Waals surface area contributed by atoms with Crippen LogP contribution in [-0.2, 0) is 37.7 Å². The minimum Gasteiger partial charge on any atom is -0.436 e. The molecule has 18 heteroatoms. The SMILES string of the molecule is C[Si](C)(CCC1CCC2OC2C1)O[Si](C)(C)O[Si](C)(C)O[Si](C)(C)O[Si](C)(C)O[Si](C)(C)O[Si](C)(C)O[Si](C)(C)O[Si](C)(C)C1CC2CCC1C2. The third-order valence-electron chi connectivity index (χ3n) is 10.9. The summed E-state index contributed by atoms with van der Waals surface area (Å²) >= 11 is 0. The van der Waals surface area contributed by atoms with Gasteiger partial charge in [0.1, 0.15) is 0 Å². The van der Waals surface area contributed by atoms with Crippen molar-refractivity contribution in [1.82, 2.24) is 0 Å². The Morgan fingerprint density at radius 1 is 0.431 bits per heavy atom. The summed E-state index contributed by atoms with van der Waals surface area (Å²) < 4.78 is 61.1. The molecule has 0 radical (unpaired) electrons. The van der Waals surface area contributed by atoms with Crippen LogP contribution in [0.2, 0.25) is 129 Å². The Balaban J connectivity index is 1.26. The van der Waals surface area contributed by atoms with Gasteiger partial charge in [-0.25, -0.2) is 0 Å². The van der Waals surface area contributed by atoms with E-state index in [1.54, 1.807) is 0 Å². The van der Waals surface area contributed by atoms with Crippen molar-refractivity contribution in [2.75, 3.05) is 0 Å². The summed E-state index contributed by atoms with van der Waals surface area (Å²) in [6.07, 6.45) is 11.7. The zero-order valence-electron chi connectivity index (χ0n) is 36.0. The molecule has 1 heterocycles. The van der Waals surface area contributed by atoms with Gasteiger partial charge in [0.15, 0.2) is 16.6 Å². The third kappa shape index (κ3) is 14.5. The van der Waals surface area contributed by atoms with Gasteiger partial charge in [-0.05, 0) is 179 Å². The molecule has 0 spiro atoms. The van der Waals surface area contributed by atoms with Gasteiger partial charge in [0, 0.05) is 0 Å². The van der Waals surface area contributed by atoms with Crippen LogP contribution < -0.4 is 0 Å². The highest BCUT2D eigenvalue weighted by molar-refractivity contribution is 6.93. The first-order valence-electron chi connectivity index (χ1n) is 20.0. The molecule has 0 aromatic heterocycles. The first-order valence-corrected chi connectivity index (χ1v) is 45.9. The molecule has 9 nitrogen and oxygen atoms in total. The van der Waals surface area contributed by atoms with Gasteiger partial charge in [-0.15, -0.1) is 0 Å². The molecule has 2 bridgehead atoms. The normalized spacial score (nSPS) is 28.4. The van der Waals surface area contributed by atoms with Gasteiger partial charge >= 0.3 is 59.9 Å². The molecular weight excluding hydrogens is 793 g/mol. The van der Waals surface area contributed by atoms with Gasteiger partial charge in [-0.3, -0.25) is 0 Å². The smallest absolute Gasteiger partial charge is 0.314 e. The van der Waals surface area contributed by atoms with Gasteiger partial charge in [0.05, 0.1) is 12.2 Å². The molecule has 0 amide bonds. The number of rotatable bonds is 20. The standard InChI is InChI=1S/C33H78O9Si9/c1-43(2,24-23-28-20-22-31-32(26-28)34-31)35-45(5,6)37-47(9,10)39-49(13,14)41-51(17,18)42-50(15,16)40-48(11,12)38-46(7,8)36-44(3,4)33-27-29-19-21-30(33)25-29/h28-33H,19-27H2,1-18H3. The van der Waals surface area contributed by atoms with Gasteiger partial charge in [0.2, 0.25) is 0 Å². The van der Waals surface area contributed by atoms with E-state index in [-0.39, 0.29) is 0 Å². The minimum absolute atomic E-state index is 0.540. The lowest BCUT2D eigenvalue weighted by atomic mass is 9.88. The Bertz CT molecular complexity index is 1200. The van der Waals surface area contributed by atoms with Crippen LogP contribution in [0.3, 0.4) is 0 Å². The molecule has 0 aromatic rings. The lowest BCUT2D eigenvalue weighted by molar-refractivity contribution is 0.259. The Hall–Kier alpha value is 1.59. The fourth-order valence-electron chi connectivity index (χ4n) is 10.5. The van der Waals surface area contributed by atoms with Crippen LogP contribution >= 0.6 is 0 Å². The molecule has 3 saturated carbocycles. The number of fused-ring (bicyclic) bond motifs is 3. The summed E-state index contributed by atoms with van der Waals surface area (Å²) in [7, 11) is -21.7. The van der Waals surface area contributed by atoms with E-state index in [0.717, 1.165) is 29.3 Å². The Morgan fingerprint density at radius 3 is 1.25 bits per heavy atom. The molecule has 6 unspecified atom stereocenters. The first kappa shape index (κ1) is 45.3. The number of ether oxygens (including phenoxy) is 1. The Labute approximate surface area is 323 Å². The fourth-order valence-corrected chi connectivity index (χ4v) is 57.6. The van der Waals surface area contributed by atoms with Crippen LogP contribution in [0.5, 0.6) is 0 Å². The molecule has 4 aliphatic rings. The number of hydrogen-bond donors (Lipinski definition) is 0. The second-order valence-electron chi connectivity index (χ2n) is 20.7. The lowest BCUT2D eigenvalue weighted by Gasteiger charge is -2.45. The molecule has 1 aliphatic heterocycles. The van der Waals surface area contributed by atoms with Crippen molar-refractivity contribution in [3.63, 3.8) is 0 Å². The molecular formula is C33H78O9Si9. The zero-order valence-corrected chi connectivity index (χ0v) is 45.0. The maximum atomic E-state index is 7.07. The lowest BCUT2D eigenvalue weighted by Crippen LogP contribution is -2.62. The van der Waals surface area contributed by atoms with Crippen molar-refractivity contribution in [1.29, 1.82) is 0 Å². The molecule has 6 atom stereocenters. The molecule has 51 heavy (non-hydrogen) atoms.